The first-order chi connectivity index (χ1) is 11.2. The Morgan fingerprint density at radius 1 is 1.00 bits per heavy atom. The van der Waals surface area contributed by atoms with Gasteiger partial charge in [-0.3, -0.25) is 0 Å². The van der Waals surface area contributed by atoms with Crippen molar-refractivity contribution in [2.24, 2.45) is 0 Å². The predicted octanol–water partition coefficient (Wildman–Crippen LogP) is 3.57. The molecule has 0 aliphatic carbocycles. The van der Waals surface area contributed by atoms with Gasteiger partial charge in [-0.2, -0.15) is 0 Å². The summed E-state index contributed by atoms with van der Waals surface area (Å²) in [7, 11) is 1.97. The lowest BCUT2D eigenvalue weighted by molar-refractivity contribution is 0.673. The van der Waals surface area contributed by atoms with Crippen LogP contribution in [0.25, 0.3) is 33.1 Å². The van der Waals surface area contributed by atoms with E-state index in [0.29, 0.717) is 0 Å². The Bertz CT molecular complexity index is 1030. The highest BCUT2D eigenvalue weighted by Gasteiger charge is 2.14. The smallest absolute Gasteiger partial charge is 0.160 e. The van der Waals surface area contributed by atoms with Gasteiger partial charge in [-0.1, -0.05) is 18.2 Å². The molecule has 23 heavy (non-hydrogen) atoms. The molecular formula is C19H20N4. The first-order valence-electron chi connectivity index (χ1n) is 7.99. The van der Waals surface area contributed by atoms with E-state index in [9.17, 15) is 0 Å². The van der Waals surface area contributed by atoms with Crippen LogP contribution >= 0.6 is 0 Å². The van der Waals surface area contributed by atoms with E-state index in [-0.39, 0.29) is 0 Å². The molecule has 1 N–H and O–H groups in total. The predicted molar refractivity (Wildman–Crippen MR) is 95.9 cm³/mol. The number of rotatable bonds is 3. The van der Waals surface area contributed by atoms with Gasteiger partial charge in [0.05, 0.1) is 16.6 Å². The molecule has 0 aliphatic rings. The third kappa shape index (κ3) is 2.18. The Kier molecular flexibility index (Phi) is 3.27. The van der Waals surface area contributed by atoms with Crippen LogP contribution in [0.3, 0.4) is 0 Å². The van der Waals surface area contributed by atoms with Crippen LogP contribution in [-0.2, 0) is 6.54 Å². The van der Waals surface area contributed by atoms with Crippen LogP contribution in [0, 0.1) is 13.8 Å². The van der Waals surface area contributed by atoms with Crippen LogP contribution in [0.1, 0.15) is 11.1 Å². The fourth-order valence-corrected chi connectivity index (χ4v) is 3.14. The standard InChI is InChI=1S/C19H20N4/c1-12-10-15-16(11-13(12)2)22-19-18(21-15)14-6-4-5-7-17(14)23(19)9-8-20-3/h4-7,10-11,20H,8-9H2,1-3H3. The number of aromatic nitrogens is 3. The number of benzene rings is 2. The second kappa shape index (κ2) is 5.32. The largest absolute Gasteiger partial charge is 0.323 e. The summed E-state index contributed by atoms with van der Waals surface area (Å²) in [4.78, 5) is 9.88. The third-order valence-corrected chi connectivity index (χ3v) is 4.55. The van der Waals surface area contributed by atoms with Crippen molar-refractivity contribution < 1.29 is 0 Å². The third-order valence-electron chi connectivity index (χ3n) is 4.55. The highest BCUT2D eigenvalue weighted by atomic mass is 15.1. The van der Waals surface area contributed by atoms with Gasteiger partial charge in [-0.25, -0.2) is 9.97 Å². The molecule has 0 fully saturated rings. The quantitative estimate of drug-likeness (QED) is 0.629. The first kappa shape index (κ1) is 14.2. The molecule has 0 spiro atoms. The summed E-state index contributed by atoms with van der Waals surface area (Å²) in [5, 5.41) is 4.39. The van der Waals surface area contributed by atoms with Gasteiger partial charge < -0.3 is 9.88 Å². The van der Waals surface area contributed by atoms with Crippen molar-refractivity contribution in [3.63, 3.8) is 0 Å². The molecule has 4 nitrogen and oxygen atoms in total. The van der Waals surface area contributed by atoms with Gasteiger partial charge in [0.1, 0.15) is 5.52 Å². The number of nitrogens with zero attached hydrogens (tertiary/aromatic N) is 3. The number of aryl methyl sites for hydroxylation is 2. The maximum Gasteiger partial charge on any atom is 0.160 e. The van der Waals surface area contributed by atoms with Gasteiger partial charge in [0.15, 0.2) is 5.65 Å². The van der Waals surface area contributed by atoms with E-state index in [2.05, 4.69) is 60.1 Å². The fourth-order valence-electron chi connectivity index (χ4n) is 3.14. The number of likely N-dealkylation sites (N-methyl/N-ethyl adjacent to an activating group) is 1. The van der Waals surface area contributed by atoms with E-state index >= 15 is 0 Å². The number of hydrogen-bond acceptors (Lipinski definition) is 3. The summed E-state index contributed by atoms with van der Waals surface area (Å²) >= 11 is 0. The van der Waals surface area contributed by atoms with Gasteiger partial charge in [0.25, 0.3) is 0 Å². The van der Waals surface area contributed by atoms with E-state index in [0.717, 1.165) is 35.3 Å². The number of fused-ring (bicyclic) bond motifs is 4. The van der Waals surface area contributed by atoms with E-state index in [4.69, 9.17) is 9.97 Å². The summed E-state index contributed by atoms with van der Waals surface area (Å²) in [6, 6.07) is 12.7. The van der Waals surface area contributed by atoms with Crippen LogP contribution < -0.4 is 5.32 Å². The summed E-state index contributed by atoms with van der Waals surface area (Å²) < 4.78 is 2.27. The molecule has 0 bridgehead atoms. The van der Waals surface area contributed by atoms with Crippen LogP contribution in [0.4, 0.5) is 0 Å². The molecule has 0 unspecified atom stereocenters. The zero-order valence-electron chi connectivity index (χ0n) is 13.7. The van der Waals surface area contributed by atoms with Crippen LogP contribution in [0.5, 0.6) is 0 Å². The molecule has 4 aromatic rings. The molecule has 4 rings (SSSR count). The Morgan fingerprint density at radius 2 is 1.70 bits per heavy atom. The molecule has 0 saturated heterocycles. The van der Waals surface area contributed by atoms with Crippen molar-refractivity contribution in [3.8, 4) is 0 Å². The maximum atomic E-state index is 4.94. The average Bonchev–Trinajstić information content (AvgIpc) is 2.85. The Balaban J connectivity index is 2.11. The molecule has 0 radical (unpaired) electrons. The first-order valence-corrected chi connectivity index (χ1v) is 7.99. The van der Waals surface area contributed by atoms with Gasteiger partial charge in [0, 0.05) is 18.5 Å². The van der Waals surface area contributed by atoms with E-state index < -0.39 is 0 Å². The van der Waals surface area contributed by atoms with Crippen molar-refractivity contribution in [1.82, 2.24) is 19.9 Å². The molecule has 0 saturated carbocycles. The van der Waals surface area contributed by atoms with Crippen molar-refractivity contribution in [2.75, 3.05) is 13.6 Å². The molecular weight excluding hydrogens is 284 g/mol. The maximum absolute atomic E-state index is 4.94. The highest BCUT2D eigenvalue weighted by molar-refractivity contribution is 6.06. The van der Waals surface area contributed by atoms with E-state index in [1.54, 1.807) is 0 Å². The van der Waals surface area contributed by atoms with E-state index in [1.807, 2.05) is 7.05 Å². The molecule has 2 aromatic carbocycles. The molecule has 116 valence electrons. The van der Waals surface area contributed by atoms with Crippen molar-refractivity contribution >= 4 is 33.1 Å². The van der Waals surface area contributed by atoms with Crippen LogP contribution in [0.2, 0.25) is 0 Å². The average molecular weight is 304 g/mol. The summed E-state index contributed by atoms with van der Waals surface area (Å²) in [5.74, 6) is 0. The SMILES string of the molecule is CNCCn1c2ccccc2c2nc3cc(C)c(C)cc3nc21. The van der Waals surface area contributed by atoms with Gasteiger partial charge >= 0.3 is 0 Å². The topological polar surface area (TPSA) is 42.7 Å². The fraction of sp³-hybridized carbons (Fsp3) is 0.263. The molecule has 0 amide bonds. The molecule has 2 aromatic heterocycles. The Morgan fingerprint density at radius 3 is 2.43 bits per heavy atom. The number of hydrogen-bond donors (Lipinski definition) is 1. The van der Waals surface area contributed by atoms with Crippen molar-refractivity contribution in [2.45, 2.75) is 20.4 Å². The Labute approximate surface area is 135 Å². The lowest BCUT2D eigenvalue weighted by atomic mass is 10.1. The van der Waals surface area contributed by atoms with Crippen LogP contribution in [0.15, 0.2) is 36.4 Å². The molecule has 2 heterocycles. The Hall–Kier alpha value is -2.46. The van der Waals surface area contributed by atoms with E-state index in [1.165, 1.54) is 22.0 Å². The normalized spacial score (nSPS) is 11.8. The van der Waals surface area contributed by atoms with Crippen LogP contribution in [-0.4, -0.2) is 28.1 Å². The number of para-hydroxylation sites is 1. The minimum Gasteiger partial charge on any atom is -0.323 e. The summed E-state index contributed by atoms with van der Waals surface area (Å²) in [6.45, 7) is 6.03. The second-order valence-corrected chi connectivity index (χ2v) is 6.09. The zero-order chi connectivity index (χ0) is 16.0. The summed E-state index contributed by atoms with van der Waals surface area (Å²) in [6.07, 6.45) is 0. The monoisotopic (exact) mass is 304 g/mol. The van der Waals surface area contributed by atoms with Crippen molar-refractivity contribution in [3.05, 3.63) is 47.5 Å². The van der Waals surface area contributed by atoms with Gasteiger partial charge in [-0.05, 0) is 50.2 Å². The van der Waals surface area contributed by atoms with Crippen molar-refractivity contribution in [1.29, 1.82) is 0 Å². The zero-order valence-corrected chi connectivity index (χ0v) is 13.7. The number of nitrogens with one attached hydrogen (secondary N) is 1. The molecule has 4 heteroatoms. The molecule has 0 aliphatic heterocycles. The second-order valence-electron chi connectivity index (χ2n) is 6.09. The lowest BCUT2D eigenvalue weighted by Crippen LogP contribution is -2.15. The minimum absolute atomic E-state index is 0.880. The minimum atomic E-state index is 0.880. The highest BCUT2D eigenvalue weighted by Crippen LogP contribution is 2.28. The lowest BCUT2D eigenvalue weighted by Gasteiger charge is -2.07. The van der Waals surface area contributed by atoms with Gasteiger partial charge in [-0.15, -0.1) is 0 Å². The summed E-state index contributed by atoms with van der Waals surface area (Å²) in [5.41, 5.74) is 7.60. The molecule has 0 atom stereocenters. The van der Waals surface area contributed by atoms with Gasteiger partial charge in [0.2, 0.25) is 0 Å².